The molecule has 134 valence electrons. The number of nitrogens with zero attached hydrogens (tertiary/aromatic N) is 3. The van der Waals surface area contributed by atoms with Crippen LogP contribution < -0.4 is 5.43 Å². The monoisotopic (exact) mass is 349 g/mol. The Balaban J connectivity index is 1.25. The molecule has 1 amide bonds. The normalized spacial score (nSPS) is 16.0. The van der Waals surface area contributed by atoms with E-state index >= 15 is 0 Å². The number of rotatable bonds is 5. The van der Waals surface area contributed by atoms with Gasteiger partial charge in [0.05, 0.1) is 0 Å². The molecule has 0 aliphatic carbocycles. The van der Waals surface area contributed by atoms with Crippen LogP contribution in [0.15, 0.2) is 55.0 Å². The molecule has 1 saturated heterocycles. The van der Waals surface area contributed by atoms with E-state index in [1.165, 1.54) is 16.5 Å². The largest absolute Gasteiger partial charge is 0.361 e. The fourth-order valence-corrected chi connectivity index (χ4v) is 3.41. The Bertz CT molecular complexity index is 868. The van der Waals surface area contributed by atoms with Gasteiger partial charge in [-0.1, -0.05) is 18.2 Å². The number of para-hydroxylation sites is 1. The highest BCUT2D eigenvalue weighted by molar-refractivity contribution is 5.93. The van der Waals surface area contributed by atoms with Crippen LogP contribution in [-0.4, -0.2) is 58.5 Å². The maximum absolute atomic E-state index is 12.2. The van der Waals surface area contributed by atoms with Gasteiger partial charge in [-0.3, -0.25) is 15.2 Å². The molecule has 1 fully saturated rings. The fourth-order valence-electron chi connectivity index (χ4n) is 3.41. The number of nitrogens with one attached hydrogen (secondary N) is 2. The number of piperazine rings is 1. The Morgan fingerprint density at radius 3 is 2.65 bits per heavy atom. The van der Waals surface area contributed by atoms with Crippen molar-refractivity contribution in [3.63, 3.8) is 0 Å². The number of carbonyl (C=O) groups excluding carboxylic acids is 1. The van der Waals surface area contributed by atoms with Crippen LogP contribution in [0.3, 0.4) is 0 Å². The van der Waals surface area contributed by atoms with Gasteiger partial charge in [-0.15, -0.1) is 0 Å². The van der Waals surface area contributed by atoms with E-state index in [-0.39, 0.29) is 5.91 Å². The summed E-state index contributed by atoms with van der Waals surface area (Å²) in [6.45, 7) is 4.63. The number of aromatic nitrogens is 2. The third-order valence-corrected chi connectivity index (χ3v) is 4.95. The molecule has 0 bridgehead atoms. The molecule has 1 aliphatic rings. The molecule has 3 heterocycles. The molecule has 0 saturated carbocycles. The van der Waals surface area contributed by atoms with E-state index in [0.717, 1.165) is 39.1 Å². The molecule has 0 atom stereocenters. The Morgan fingerprint density at radius 2 is 1.85 bits per heavy atom. The number of pyridine rings is 1. The van der Waals surface area contributed by atoms with Crippen molar-refractivity contribution in [2.75, 3.05) is 32.7 Å². The lowest BCUT2D eigenvalue weighted by Gasteiger charge is -2.34. The van der Waals surface area contributed by atoms with Crippen LogP contribution in [0.5, 0.6) is 0 Å². The van der Waals surface area contributed by atoms with Gasteiger partial charge in [-0.2, -0.15) is 0 Å². The number of amides is 1. The minimum Gasteiger partial charge on any atom is -0.361 e. The highest BCUT2D eigenvalue weighted by Crippen LogP contribution is 2.18. The quantitative estimate of drug-likeness (QED) is 0.740. The van der Waals surface area contributed by atoms with E-state index in [9.17, 15) is 4.79 Å². The highest BCUT2D eigenvalue weighted by atomic mass is 16.2. The van der Waals surface area contributed by atoms with Gasteiger partial charge in [0.1, 0.15) is 0 Å². The third kappa shape index (κ3) is 3.76. The smallest absolute Gasteiger partial charge is 0.265 e. The lowest BCUT2D eigenvalue weighted by atomic mass is 10.1. The Kier molecular flexibility index (Phi) is 4.95. The minimum absolute atomic E-state index is 0.0698. The predicted molar refractivity (Wildman–Crippen MR) is 102 cm³/mol. The number of hydrogen-bond acceptors (Lipinski definition) is 4. The first-order valence-electron chi connectivity index (χ1n) is 9.03. The first-order chi connectivity index (χ1) is 12.8. The molecular weight excluding hydrogens is 326 g/mol. The second-order valence-electron chi connectivity index (χ2n) is 6.62. The number of fused-ring (bicyclic) bond motifs is 1. The predicted octanol–water partition coefficient (Wildman–Crippen LogP) is 2.07. The van der Waals surface area contributed by atoms with Crippen molar-refractivity contribution in [1.82, 2.24) is 25.3 Å². The lowest BCUT2D eigenvalue weighted by molar-refractivity contribution is 0.0622. The van der Waals surface area contributed by atoms with Crippen LogP contribution in [0.25, 0.3) is 10.9 Å². The zero-order valence-corrected chi connectivity index (χ0v) is 14.7. The van der Waals surface area contributed by atoms with Crippen molar-refractivity contribution in [3.05, 3.63) is 66.1 Å². The second-order valence-corrected chi connectivity index (χ2v) is 6.62. The number of H-pyrrole nitrogens is 1. The van der Waals surface area contributed by atoms with Crippen molar-refractivity contribution >= 4 is 16.8 Å². The van der Waals surface area contributed by atoms with Gasteiger partial charge in [-0.05, 0) is 30.2 Å². The summed E-state index contributed by atoms with van der Waals surface area (Å²) in [7, 11) is 0. The van der Waals surface area contributed by atoms with Crippen LogP contribution >= 0.6 is 0 Å². The number of carbonyl (C=O) groups is 1. The maximum atomic E-state index is 12.2. The number of benzene rings is 1. The topological polar surface area (TPSA) is 64.3 Å². The number of hydrazine groups is 1. The van der Waals surface area contributed by atoms with E-state index in [2.05, 4.69) is 50.8 Å². The molecule has 1 aliphatic heterocycles. The van der Waals surface area contributed by atoms with E-state index in [1.807, 2.05) is 5.01 Å². The van der Waals surface area contributed by atoms with Crippen LogP contribution in [0.4, 0.5) is 0 Å². The molecule has 2 N–H and O–H groups in total. The van der Waals surface area contributed by atoms with Crippen molar-refractivity contribution in [2.45, 2.75) is 6.42 Å². The summed E-state index contributed by atoms with van der Waals surface area (Å²) in [5.41, 5.74) is 6.19. The van der Waals surface area contributed by atoms with Gasteiger partial charge in [0.2, 0.25) is 0 Å². The molecular formula is C20H23N5O. The summed E-state index contributed by atoms with van der Waals surface area (Å²) in [6, 6.07) is 11.9. The van der Waals surface area contributed by atoms with Gasteiger partial charge in [-0.25, -0.2) is 5.01 Å². The van der Waals surface area contributed by atoms with E-state index in [0.29, 0.717) is 5.56 Å². The summed E-state index contributed by atoms with van der Waals surface area (Å²) < 4.78 is 0. The average Bonchev–Trinajstić information content (AvgIpc) is 3.11. The first kappa shape index (κ1) is 16.8. The van der Waals surface area contributed by atoms with Crippen molar-refractivity contribution < 1.29 is 4.79 Å². The first-order valence-corrected chi connectivity index (χ1v) is 9.03. The fraction of sp³-hybridized carbons (Fsp3) is 0.300. The van der Waals surface area contributed by atoms with Crippen LogP contribution in [0.1, 0.15) is 15.9 Å². The van der Waals surface area contributed by atoms with Crippen LogP contribution in [0, 0.1) is 0 Å². The molecule has 3 aromatic rings. The molecule has 1 aromatic carbocycles. The Hall–Kier alpha value is -2.70. The van der Waals surface area contributed by atoms with Gasteiger partial charge >= 0.3 is 0 Å². The SMILES string of the molecule is O=C(NN1CCN(CCc2c[nH]c3ccccc23)CC1)c1ccncc1. The lowest BCUT2D eigenvalue weighted by Crippen LogP contribution is -2.53. The highest BCUT2D eigenvalue weighted by Gasteiger charge is 2.19. The Labute approximate surface area is 152 Å². The van der Waals surface area contributed by atoms with Gasteiger partial charge in [0.15, 0.2) is 0 Å². The molecule has 2 aromatic heterocycles. The zero-order valence-electron chi connectivity index (χ0n) is 14.7. The summed E-state index contributed by atoms with van der Waals surface area (Å²) in [5.74, 6) is -0.0698. The molecule has 4 rings (SSSR count). The van der Waals surface area contributed by atoms with Gasteiger partial charge in [0.25, 0.3) is 5.91 Å². The van der Waals surface area contributed by atoms with Crippen molar-refractivity contribution in [2.24, 2.45) is 0 Å². The molecule has 26 heavy (non-hydrogen) atoms. The van der Waals surface area contributed by atoms with E-state index < -0.39 is 0 Å². The summed E-state index contributed by atoms with van der Waals surface area (Å²) in [5, 5.41) is 3.32. The van der Waals surface area contributed by atoms with Crippen LogP contribution in [0.2, 0.25) is 0 Å². The third-order valence-electron chi connectivity index (χ3n) is 4.95. The molecule has 6 heteroatoms. The van der Waals surface area contributed by atoms with Crippen molar-refractivity contribution in [1.29, 1.82) is 0 Å². The number of hydrogen-bond donors (Lipinski definition) is 2. The van der Waals surface area contributed by atoms with E-state index in [4.69, 9.17) is 0 Å². The molecule has 0 spiro atoms. The summed E-state index contributed by atoms with van der Waals surface area (Å²) in [6.07, 6.45) is 6.43. The molecule has 0 unspecified atom stereocenters. The standard InChI is InChI=1S/C20H23N5O/c26-20(16-5-8-21-9-6-16)23-25-13-11-24(12-14-25)10-7-17-15-22-19-4-2-1-3-18(17)19/h1-6,8-9,15,22H,7,10-14H2,(H,23,26). The minimum atomic E-state index is -0.0698. The van der Waals surface area contributed by atoms with Gasteiger partial charge in [0, 0.05) is 67.8 Å². The maximum Gasteiger partial charge on any atom is 0.265 e. The zero-order chi connectivity index (χ0) is 17.8. The van der Waals surface area contributed by atoms with Crippen LogP contribution in [-0.2, 0) is 6.42 Å². The van der Waals surface area contributed by atoms with Gasteiger partial charge < -0.3 is 9.88 Å². The second kappa shape index (κ2) is 7.68. The molecule has 6 nitrogen and oxygen atoms in total. The Morgan fingerprint density at radius 1 is 1.08 bits per heavy atom. The number of aromatic amines is 1. The summed E-state index contributed by atoms with van der Waals surface area (Å²) in [4.78, 5) is 21.9. The summed E-state index contributed by atoms with van der Waals surface area (Å²) >= 11 is 0. The average molecular weight is 349 g/mol. The molecule has 0 radical (unpaired) electrons. The van der Waals surface area contributed by atoms with E-state index in [1.54, 1.807) is 24.5 Å². The van der Waals surface area contributed by atoms with Crippen molar-refractivity contribution in [3.8, 4) is 0 Å².